The van der Waals surface area contributed by atoms with Crippen molar-refractivity contribution in [3.63, 3.8) is 0 Å². The Balaban J connectivity index is 0.800. The van der Waals surface area contributed by atoms with E-state index < -0.39 is 0 Å². The Morgan fingerprint density at radius 1 is 0.213 bits per heavy atom. The van der Waals surface area contributed by atoms with E-state index in [1.54, 1.807) is 0 Å². The number of hydrogen-bond donors (Lipinski definition) is 0. The van der Waals surface area contributed by atoms with Crippen molar-refractivity contribution in [1.29, 1.82) is 0 Å². The molecule has 0 spiro atoms. The molecule has 0 radical (unpaired) electrons. The molecule has 0 amide bonds. The summed E-state index contributed by atoms with van der Waals surface area (Å²) in [6.07, 6.45) is 0. The van der Waals surface area contributed by atoms with E-state index in [4.69, 9.17) is 23.8 Å². The van der Waals surface area contributed by atoms with Gasteiger partial charge in [-0.25, -0.2) is 15.0 Å². The van der Waals surface area contributed by atoms with Crippen LogP contribution in [0.1, 0.15) is 0 Å². The molecular weight excluding hydrogens is 1090 g/mol. The van der Waals surface area contributed by atoms with Crippen molar-refractivity contribution in [3.8, 4) is 73.5 Å². The van der Waals surface area contributed by atoms with Gasteiger partial charge in [0.1, 0.15) is 22.3 Å². The molecule has 0 aliphatic carbocycles. The average molecular weight is 1140 g/mol. The molecule has 19 aromatic rings. The third kappa shape index (κ3) is 7.57. The SMILES string of the molecule is c1ccc(-n2c3ccccc3c3cc(-c4ccc5oc6cccc(-c7nc(-c8cccc(-n9c%10ccccc%10c%10ccccc%109)c8)nc(-c8cccc9oc%10ccc(-c%11ccc%12c(c%11)c%11ccccc%11n%12-c%11ccccc%11)cc%10c89)n7)c6c5c4)ccc32)cc1. The minimum Gasteiger partial charge on any atom is -0.456 e. The van der Waals surface area contributed by atoms with Gasteiger partial charge in [-0.3, -0.25) is 0 Å². The topological polar surface area (TPSA) is 79.7 Å². The van der Waals surface area contributed by atoms with Crippen LogP contribution in [-0.4, -0.2) is 28.7 Å². The van der Waals surface area contributed by atoms with E-state index in [0.29, 0.717) is 17.5 Å². The van der Waals surface area contributed by atoms with Crippen molar-refractivity contribution in [2.75, 3.05) is 0 Å². The molecule has 89 heavy (non-hydrogen) atoms. The number of benzene rings is 13. The lowest BCUT2D eigenvalue weighted by atomic mass is 9.98. The van der Waals surface area contributed by atoms with Crippen molar-refractivity contribution in [2.45, 2.75) is 0 Å². The van der Waals surface area contributed by atoms with Gasteiger partial charge in [-0.2, -0.15) is 0 Å². The monoisotopic (exact) mass is 1140 g/mol. The van der Waals surface area contributed by atoms with Gasteiger partial charge in [-0.15, -0.1) is 0 Å². The molecule has 0 saturated heterocycles. The van der Waals surface area contributed by atoms with Gasteiger partial charge in [-0.05, 0) is 144 Å². The van der Waals surface area contributed by atoms with Gasteiger partial charge in [0, 0.05) is 87.6 Å². The lowest BCUT2D eigenvalue weighted by molar-refractivity contribution is 0.668. The number of nitrogens with zero attached hydrogens (tertiary/aromatic N) is 6. The fourth-order valence-corrected chi connectivity index (χ4v) is 14.1. The Labute approximate surface area is 508 Å². The molecule has 8 heteroatoms. The van der Waals surface area contributed by atoms with Crippen LogP contribution in [0.4, 0.5) is 0 Å². The Morgan fingerprint density at radius 3 is 1.02 bits per heavy atom. The summed E-state index contributed by atoms with van der Waals surface area (Å²) in [5.74, 6) is 1.58. The third-order valence-corrected chi connectivity index (χ3v) is 18.1. The highest BCUT2D eigenvalue weighted by molar-refractivity contribution is 6.17. The number of rotatable bonds is 8. The highest BCUT2D eigenvalue weighted by atomic mass is 16.3. The Hall–Kier alpha value is -12.1. The van der Waals surface area contributed by atoms with Gasteiger partial charge in [0.05, 0.1) is 33.1 Å². The summed E-state index contributed by atoms with van der Waals surface area (Å²) >= 11 is 0. The Kier molecular flexibility index (Phi) is 10.6. The normalized spacial score (nSPS) is 12.0. The van der Waals surface area contributed by atoms with Crippen molar-refractivity contribution in [3.05, 3.63) is 291 Å². The molecule has 0 fully saturated rings. The summed E-state index contributed by atoms with van der Waals surface area (Å²) in [5, 5.41) is 11.0. The largest absolute Gasteiger partial charge is 0.456 e. The molecule has 0 atom stereocenters. The molecule has 414 valence electrons. The first kappa shape index (κ1) is 49.2. The Morgan fingerprint density at radius 2 is 0.562 bits per heavy atom. The molecule has 13 aromatic carbocycles. The highest BCUT2D eigenvalue weighted by Crippen LogP contribution is 2.44. The van der Waals surface area contributed by atoms with Crippen molar-refractivity contribution in [2.24, 2.45) is 0 Å². The lowest BCUT2D eigenvalue weighted by Gasteiger charge is -2.12. The second-order valence-corrected chi connectivity index (χ2v) is 23.0. The van der Waals surface area contributed by atoms with Gasteiger partial charge >= 0.3 is 0 Å². The molecule has 6 heterocycles. The maximum absolute atomic E-state index is 6.76. The smallest absolute Gasteiger partial charge is 0.164 e. The van der Waals surface area contributed by atoms with Gasteiger partial charge in [0.15, 0.2) is 17.5 Å². The van der Waals surface area contributed by atoms with Crippen LogP contribution in [0.25, 0.3) is 183 Å². The van der Waals surface area contributed by atoms with Crippen LogP contribution in [0, 0.1) is 0 Å². The zero-order chi connectivity index (χ0) is 58.3. The molecule has 0 saturated carbocycles. The first-order valence-corrected chi connectivity index (χ1v) is 30.1. The van der Waals surface area contributed by atoms with Gasteiger partial charge in [0.25, 0.3) is 0 Å². The van der Waals surface area contributed by atoms with E-state index in [1.807, 2.05) is 24.3 Å². The van der Waals surface area contributed by atoms with Crippen LogP contribution in [-0.2, 0) is 0 Å². The minimum absolute atomic E-state index is 0.523. The zero-order valence-electron chi connectivity index (χ0n) is 47.7. The summed E-state index contributed by atoms with van der Waals surface area (Å²) in [6, 6.07) is 103. The van der Waals surface area contributed by atoms with Crippen LogP contribution in [0.5, 0.6) is 0 Å². The summed E-state index contributed by atoms with van der Waals surface area (Å²) in [4.78, 5) is 16.6. The van der Waals surface area contributed by atoms with Crippen LogP contribution in [0.15, 0.2) is 300 Å². The molecule has 19 rings (SSSR count). The van der Waals surface area contributed by atoms with E-state index in [0.717, 1.165) is 122 Å². The summed E-state index contributed by atoms with van der Waals surface area (Å²) in [5.41, 5.74) is 20.0. The van der Waals surface area contributed by atoms with E-state index >= 15 is 0 Å². The van der Waals surface area contributed by atoms with Crippen molar-refractivity contribution >= 4 is 109 Å². The molecular formula is C81H48N6O2. The van der Waals surface area contributed by atoms with E-state index in [2.05, 4.69) is 281 Å². The van der Waals surface area contributed by atoms with Gasteiger partial charge < -0.3 is 22.5 Å². The predicted octanol–water partition coefficient (Wildman–Crippen LogP) is 21.3. The standard InChI is InChI=1S/C81H48N6O2/c1-3-19-54(20-4-1)85-69-32-13-9-26-59(69)63-45-49(36-40-71(63)85)51-38-42-73-65(47-51)77-61(28-16-34-75(77)88-73)80-82-79(53-18-15-23-56(44-53)87-67-30-11-7-24-57(67)58-25-8-12-31-68(58)87)83-81(84-80)62-29-17-35-76-78(62)66-48-52(39-43-74(66)89-76)50-37-41-72-64(46-50)60-27-10-14-33-70(60)86(72)55-21-5-2-6-22-55/h1-48H. The molecule has 6 aromatic heterocycles. The summed E-state index contributed by atoms with van der Waals surface area (Å²) < 4.78 is 20.6. The maximum Gasteiger partial charge on any atom is 0.164 e. The summed E-state index contributed by atoms with van der Waals surface area (Å²) in [7, 11) is 0. The average Bonchev–Trinajstić information content (AvgIpc) is 2.44. The fraction of sp³-hybridized carbons (Fsp3) is 0. The Bertz CT molecular complexity index is 5780. The van der Waals surface area contributed by atoms with Crippen LogP contribution in [0.2, 0.25) is 0 Å². The second kappa shape index (κ2) is 19.2. The quantitative estimate of drug-likeness (QED) is 0.151. The predicted molar refractivity (Wildman–Crippen MR) is 365 cm³/mol. The number of para-hydroxylation sites is 6. The number of hydrogen-bond acceptors (Lipinski definition) is 5. The van der Waals surface area contributed by atoms with Crippen molar-refractivity contribution < 1.29 is 8.83 Å². The molecule has 0 bridgehead atoms. The second-order valence-electron chi connectivity index (χ2n) is 23.0. The van der Waals surface area contributed by atoms with E-state index in [-0.39, 0.29) is 0 Å². The molecule has 0 aliphatic rings. The minimum atomic E-state index is 0.523. The molecule has 8 nitrogen and oxygen atoms in total. The van der Waals surface area contributed by atoms with Crippen LogP contribution < -0.4 is 0 Å². The third-order valence-electron chi connectivity index (χ3n) is 18.1. The van der Waals surface area contributed by atoms with Crippen LogP contribution in [0.3, 0.4) is 0 Å². The molecule has 0 unspecified atom stereocenters. The number of fused-ring (bicyclic) bond motifs is 15. The fourth-order valence-electron chi connectivity index (χ4n) is 14.1. The zero-order valence-corrected chi connectivity index (χ0v) is 47.7. The number of furan rings is 2. The van der Waals surface area contributed by atoms with Gasteiger partial charge in [-0.1, -0.05) is 170 Å². The number of aromatic nitrogens is 6. The van der Waals surface area contributed by atoms with Crippen molar-refractivity contribution in [1.82, 2.24) is 28.7 Å². The highest BCUT2D eigenvalue weighted by Gasteiger charge is 2.24. The maximum atomic E-state index is 6.76. The van der Waals surface area contributed by atoms with E-state index in [1.165, 1.54) is 43.4 Å². The van der Waals surface area contributed by atoms with E-state index in [9.17, 15) is 0 Å². The first-order chi connectivity index (χ1) is 44.1. The molecule has 0 N–H and O–H groups in total. The lowest BCUT2D eigenvalue weighted by Crippen LogP contribution is -2.01. The van der Waals surface area contributed by atoms with Gasteiger partial charge in [0.2, 0.25) is 0 Å². The summed E-state index contributed by atoms with van der Waals surface area (Å²) in [6.45, 7) is 0. The van der Waals surface area contributed by atoms with Crippen LogP contribution >= 0.6 is 0 Å². The molecule has 0 aliphatic heterocycles. The first-order valence-electron chi connectivity index (χ1n) is 30.1.